The van der Waals surface area contributed by atoms with Crippen LogP contribution in [-0.2, 0) is 4.79 Å². The Hall–Kier alpha value is -2.29. The highest BCUT2D eigenvalue weighted by Gasteiger charge is 2.39. The van der Waals surface area contributed by atoms with Gasteiger partial charge in [0.2, 0.25) is 0 Å². The molecule has 2 aromatic heterocycles. The van der Waals surface area contributed by atoms with Crippen molar-refractivity contribution >= 4 is 23.2 Å². The number of carboxylic acids is 1. The van der Waals surface area contributed by atoms with E-state index in [2.05, 4.69) is 15.5 Å². The van der Waals surface area contributed by atoms with E-state index in [1.807, 2.05) is 0 Å². The van der Waals surface area contributed by atoms with Gasteiger partial charge in [-0.15, -0.1) is 16.4 Å². The standard InChI is InChI=1S/C12H13N5O3S/c1-7-8(12(19)20)2-4-16(7)11(18)10-9(3-5-21-10)17-6-13-14-15-17/h3,5-8H,2,4H2,1H3,(H,19,20). The van der Waals surface area contributed by atoms with Crippen molar-refractivity contribution in [3.05, 3.63) is 22.7 Å². The Morgan fingerprint density at radius 2 is 2.29 bits per heavy atom. The Labute approximate surface area is 124 Å². The van der Waals surface area contributed by atoms with Gasteiger partial charge in [0.1, 0.15) is 11.2 Å². The predicted octanol–water partition coefficient (Wildman–Crippen LogP) is 0.659. The Morgan fingerprint density at radius 1 is 1.48 bits per heavy atom. The number of amides is 1. The highest BCUT2D eigenvalue weighted by atomic mass is 32.1. The van der Waals surface area contributed by atoms with Gasteiger partial charge in [0.25, 0.3) is 5.91 Å². The van der Waals surface area contributed by atoms with Gasteiger partial charge in [0, 0.05) is 12.6 Å². The van der Waals surface area contributed by atoms with Crippen molar-refractivity contribution in [1.82, 2.24) is 25.1 Å². The quantitative estimate of drug-likeness (QED) is 0.894. The van der Waals surface area contributed by atoms with Crippen LogP contribution in [0.2, 0.25) is 0 Å². The lowest BCUT2D eigenvalue weighted by atomic mass is 10.0. The van der Waals surface area contributed by atoms with Crippen molar-refractivity contribution in [3.8, 4) is 5.69 Å². The first kappa shape index (κ1) is 13.7. The maximum Gasteiger partial charge on any atom is 0.308 e. The number of nitrogens with zero attached hydrogens (tertiary/aromatic N) is 5. The van der Waals surface area contributed by atoms with Crippen LogP contribution in [0, 0.1) is 5.92 Å². The van der Waals surface area contributed by atoms with Gasteiger partial charge in [-0.25, -0.2) is 0 Å². The molecule has 0 aliphatic carbocycles. The zero-order valence-corrected chi connectivity index (χ0v) is 12.0. The second-order valence-electron chi connectivity index (χ2n) is 4.86. The number of rotatable bonds is 3. The van der Waals surface area contributed by atoms with Gasteiger partial charge in [0.15, 0.2) is 0 Å². The summed E-state index contributed by atoms with van der Waals surface area (Å²) in [5.74, 6) is -1.54. The van der Waals surface area contributed by atoms with Crippen molar-refractivity contribution in [1.29, 1.82) is 0 Å². The molecule has 1 amide bonds. The lowest BCUT2D eigenvalue weighted by molar-refractivity contribution is -0.142. The molecule has 0 saturated carbocycles. The zero-order chi connectivity index (χ0) is 15.0. The molecule has 0 spiro atoms. The molecule has 1 fully saturated rings. The first-order valence-corrected chi connectivity index (χ1v) is 7.32. The topological polar surface area (TPSA) is 101 Å². The molecule has 3 heterocycles. The van der Waals surface area contributed by atoms with Crippen LogP contribution in [0.1, 0.15) is 23.0 Å². The summed E-state index contributed by atoms with van der Waals surface area (Å²) in [5.41, 5.74) is 0.612. The fourth-order valence-electron chi connectivity index (χ4n) is 2.60. The van der Waals surface area contributed by atoms with Crippen LogP contribution in [0.3, 0.4) is 0 Å². The van der Waals surface area contributed by atoms with E-state index in [-0.39, 0.29) is 11.9 Å². The van der Waals surface area contributed by atoms with Gasteiger partial charge in [-0.2, -0.15) is 4.68 Å². The van der Waals surface area contributed by atoms with E-state index in [9.17, 15) is 9.59 Å². The molecular weight excluding hydrogens is 294 g/mol. The van der Waals surface area contributed by atoms with Crippen molar-refractivity contribution in [2.24, 2.45) is 5.92 Å². The molecule has 2 atom stereocenters. The lowest BCUT2D eigenvalue weighted by Gasteiger charge is -2.23. The normalized spacial score (nSPS) is 21.7. The van der Waals surface area contributed by atoms with Gasteiger partial charge in [-0.3, -0.25) is 9.59 Å². The third-order valence-electron chi connectivity index (χ3n) is 3.77. The largest absolute Gasteiger partial charge is 0.481 e. The number of carbonyl (C=O) groups excluding carboxylic acids is 1. The summed E-state index contributed by atoms with van der Waals surface area (Å²) < 4.78 is 1.43. The minimum Gasteiger partial charge on any atom is -0.481 e. The number of thiophene rings is 1. The van der Waals surface area contributed by atoms with E-state index in [1.165, 1.54) is 22.3 Å². The SMILES string of the molecule is CC1C(C(=O)O)CCN1C(=O)c1sccc1-n1cnnn1. The third kappa shape index (κ3) is 2.29. The molecule has 1 aliphatic heterocycles. The van der Waals surface area contributed by atoms with Crippen LogP contribution in [0.4, 0.5) is 0 Å². The maximum absolute atomic E-state index is 12.7. The van der Waals surface area contributed by atoms with Gasteiger partial charge in [0.05, 0.1) is 11.6 Å². The Kier molecular flexibility index (Phi) is 3.42. The van der Waals surface area contributed by atoms with Crippen LogP contribution in [0.25, 0.3) is 5.69 Å². The molecule has 2 unspecified atom stereocenters. The van der Waals surface area contributed by atoms with Gasteiger partial charge < -0.3 is 10.0 Å². The fraction of sp³-hybridized carbons (Fsp3) is 0.417. The molecule has 1 saturated heterocycles. The Balaban J connectivity index is 1.87. The first-order chi connectivity index (χ1) is 10.1. The van der Waals surface area contributed by atoms with E-state index in [4.69, 9.17) is 5.11 Å². The molecular formula is C12H13N5O3S. The van der Waals surface area contributed by atoms with Gasteiger partial charge in [-0.05, 0) is 35.2 Å². The lowest BCUT2D eigenvalue weighted by Crippen LogP contribution is -2.37. The van der Waals surface area contributed by atoms with E-state index in [1.54, 1.807) is 23.3 Å². The summed E-state index contributed by atoms with van der Waals surface area (Å²) in [6.45, 7) is 2.22. The highest BCUT2D eigenvalue weighted by Crippen LogP contribution is 2.29. The summed E-state index contributed by atoms with van der Waals surface area (Å²) in [5, 5.41) is 21.9. The van der Waals surface area contributed by atoms with E-state index in [0.717, 1.165) is 0 Å². The van der Waals surface area contributed by atoms with E-state index in [0.29, 0.717) is 23.5 Å². The molecule has 0 bridgehead atoms. The molecule has 1 aliphatic rings. The van der Waals surface area contributed by atoms with Crippen LogP contribution in [0.15, 0.2) is 17.8 Å². The zero-order valence-electron chi connectivity index (χ0n) is 11.2. The average Bonchev–Trinajstić information content (AvgIpc) is 3.17. The maximum atomic E-state index is 12.7. The van der Waals surface area contributed by atoms with Crippen LogP contribution in [-0.4, -0.2) is 54.7 Å². The summed E-state index contributed by atoms with van der Waals surface area (Å²) in [6, 6.07) is 1.45. The molecule has 3 rings (SSSR count). The number of aliphatic carboxylic acids is 1. The van der Waals surface area contributed by atoms with E-state index >= 15 is 0 Å². The van der Waals surface area contributed by atoms with Crippen LogP contribution >= 0.6 is 11.3 Å². The molecule has 1 N–H and O–H groups in total. The Morgan fingerprint density at radius 3 is 2.90 bits per heavy atom. The number of likely N-dealkylation sites (tertiary alicyclic amines) is 1. The summed E-state index contributed by atoms with van der Waals surface area (Å²) in [6.07, 6.45) is 1.90. The van der Waals surface area contributed by atoms with Crippen molar-refractivity contribution < 1.29 is 14.7 Å². The molecule has 21 heavy (non-hydrogen) atoms. The summed E-state index contributed by atoms with van der Waals surface area (Å²) in [4.78, 5) is 25.9. The van der Waals surface area contributed by atoms with Crippen LogP contribution < -0.4 is 0 Å². The molecule has 2 aromatic rings. The smallest absolute Gasteiger partial charge is 0.308 e. The third-order valence-corrected chi connectivity index (χ3v) is 4.66. The van der Waals surface area contributed by atoms with Crippen molar-refractivity contribution in [2.75, 3.05) is 6.54 Å². The number of tetrazole rings is 1. The second kappa shape index (κ2) is 5.24. The highest BCUT2D eigenvalue weighted by molar-refractivity contribution is 7.12. The second-order valence-corrected chi connectivity index (χ2v) is 5.78. The summed E-state index contributed by atoms with van der Waals surface area (Å²) in [7, 11) is 0. The number of aromatic nitrogens is 4. The molecule has 9 heteroatoms. The van der Waals surface area contributed by atoms with Gasteiger partial charge >= 0.3 is 5.97 Å². The first-order valence-electron chi connectivity index (χ1n) is 6.44. The van der Waals surface area contributed by atoms with Crippen LogP contribution in [0.5, 0.6) is 0 Å². The predicted molar refractivity (Wildman–Crippen MR) is 73.3 cm³/mol. The Bertz CT molecular complexity index is 668. The monoisotopic (exact) mass is 307 g/mol. The van der Waals surface area contributed by atoms with Crippen molar-refractivity contribution in [3.63, 3.8) is 0 Å². The van der Waals surface area contributed by atoms with Crippen molar-refractivity contribution in [2.45, 2.75) is 19.4 Å². The number of hydrogen-bond donors (Lipinski definition) is 1. The molecule has 8 nitrogen and oxygen atoms in total. The minimum absolute atomic E-state index is 0.174. The molecule has 0 radical (unpaired) electrons. The molecule has 110 valence electrons. The fourth-order valence-corrected chi connectivity index (χ4v) is 3.43. The number of carboxylic acid groups (broad SMARTS) is 1. The minimum atomic E-state index is -0.857. The number of carbonyl (C=O) groups is 2. The summed E-state index contributed by atoms with van der Waals surface area (Å²) >= 11 is 1.30. The van der Waals surface area contributed by atoms with E-state index < -0.39 is 11.9 Å². The average molecular weight is 307 g/mol. The number of hydrogen-bond acceptors (Lipinski definition) is 6. The molecule has 0 aromatic carbocycles. The van der Waals surface area contributed by atoms with Gasteiger partial charge in [-0.1, -0.05) is 0 Å².